The van der Waals surface area contributed by atoms with E-state index in [0.29, 0.717) is 0 Å². The highest BCUT2D eigenvalue weighted by Crippen LogP contribution is 2.15. The number of hydrogen-bond acceptors (Lipinski definition) is 2. The van der Waals surface area contributed by atoms with Crippen LogP contribution < -0.4 is 0 Å². The van der Waals surface area contributed by atoms with E-state index in [1.165, 1.54) is 18.4 Å². The molecule has 1 atom stereocenters. The molecule has 0 aromatic carbocycles. The van der Waals surface area contributed by atoms with Gasteiger partial charge in [-0.25, -0.2) is 0 Å². The maximum atomic E-state index is 5.98. The molecule has 0 N–H and O–H groups in total. The summed E-state index contributed by atoms with van der Waals surface area (Å²) >= 11 is 0. The molecule has 18 heavy (non-hydrogen) atoms. The molecule has 0 aliphatic heterocycles. The Labute approximate surface area is 117 Å². The summed E-state index contributed by atoms with van der Waals surface area (Å²) in [5.74, 6) is 0.738. The lowest BCUT2D eigenvalue weighted by Crippen LogP contribution is -2.39. The van der Waals surface area contributed by atoms with E-state index >= 15 is 0 Å². The normalized spacial score (nSPS) is 13.8. The smallest absolute Gasteiger partial charge is 0.321 e. The second kappa shape index (κ2) is 9.07. The van der Waals surface area contributed by atoms with Gasteiger partial charge in [-0.05, 0) is 65.2 Å². The van der Waals surface area contributed by atoms with E-state index in [-0.39, 0.29) is 0 Å². The molecular formula is C14H32O2Si2. The molecule has 0 amide bonds. The molecule has 0 fully saturated rings. The van der Waals surface area contributed by atoms with Gasteiger partial charge in [0, 0.05) is 6.61 Å². The van der Waals surface area contributed by atoms with Crippen molar-refractivity contribution in [2.24, 2.45) is 5.92 Å². The molecule has 4 heteroatoms. The zero-order valence-electron chi connectivity index (χ0n) is 13.4. The third-order valence-electron chi connectivity index (χ3n) is 2.79. The standard InChI is InChI=1S/C14H32O2Si2/c1-13(2)9-8-10-14(3)11-12-15-18(6,7)16-17(4)5/h9,14,17H,8,10-12H2,1-7H3. The lowest BCUT2D eigenvalue weighted by atomic mass is 10.0. The Kier molecular flexibility index (Phi) is 9.12. The first-order valence-corrected chi connectivity index (χ1v) is 12.8. The van der Waals surface area contributed by atoms with E-state index in [0.717, 1.165) is 18.9 Å². The predicted octanol–water partition coefficient (Wildman–Crippen LogP) is 4.48. The highest BCUT2D eigenvalue weighted by Gasteiger charge is 2.25. The molecule has 0 spiro atoms. The highest BCUT2D eigenvalue weighted by molar-refractivity contribution is 6.72. The van der Waals surface area contributed by atoms with Gasteiger partial charge in [-0.2, -0.15) is 0 Å². The van der Waals surface area contributed by atoms with Gasteiger partial charge >= 0.3 is 8.56 Å². The quantitative estimate of drug-likeness (QED) is 0.460. The fourth-order valence-corrected chi connectivity index (χ4v) is 7.33. The first-order chi connectivity index (χ1) is 8.23. The van der Waals surface area contributed by atoms with Crippen molar-refractivity contribution in [2.45, 2.75) is 66.2 Å². The van der Waals surface area contributed by atoms with Gasteiger partial charge in [0.2, 0.25) is 0 Å². The molecule has 0 aliphatic rings. The Morgan fingerprint density at radius 1 is 1.22 bits per heavy atom. The molecule has 0 heterocycles. The first-order valence-electron chi connectivity index (χ1n) is 7.18. The van der Waals surface area contributed by atoms with Crippen LogP contribution in [-0.2, 0) is 8.54 Å². The summed E-state index contributed by atoms with van der Waals surface area (Å²) in [6.45, 7) is 16.2. The van der Waals surface area contributed by atoms with Crippen molar-refractivity contribution in [3.63, 3.8) is 0 Å². The average molecular weight is 289 g/mol. The van der Waals surface area contributed by atoms with Crippen molar-refractivity contribution in [3.05, 3.63) is 11.6 Å². The summed E-state index contributed by atoms with van der Waals surface area (Å²) in [5, 5.41) is 0. The maximum Gasteiger partial charge on any atom is 0.321 e. The molecule has 0 aromatic heterocycles. The third-order valence-corrected chi connectivity index (χ3v) is 7.85. The average Bonchev–Trinajstić information content (AvgIpc) is 2.14. The van der Waals surface area contributed by atoms with Gasteiger partial charge in [0.25, 0.3) is 0 Å². The van der Waals surface area contributed by atoms with Gasteiger partial charge in [-0.3, -0.25) is 0 Å². The summed E-state index contributed by atoms with van der Waals surface area (Å²) in [6, 6.07) is 0. The van der Waals surface area contributed by atoms with Crippen molar-refractivity contribution in [1.29, 1.82) is 0 Å². The second-order valence-electron chi connectivity index (χ2n) is 6.17. The molecule has 0 bridgehead atoms. The molecule has 108 valence electrons. The summed E-state index contributed by atoms with van der Waals surface area (Å²) in [5.41, 5.74) is 1.42. The minimum Gasteiger partial charge on any atom is -0.439 e. The van der Waals surface area contributed by atoms with E-state index in [2.05, 4.69) is 53.0 Å². The summed E-state index contributed by atoms with van der Waals surface area (Å²) < 4.78 is 12.0. The zero-order valence-corrected chi connectivity index (χ0v) is 15.5. The third kappa shape index (κ3) is 11.2. The predicted molar refractivity (Wildman–Crippen MR) is 85.8 cm³/mol. The van der Waals surface area contributed by atoms with E-state index in [1.807, 2.05) is 0 Å². The molecule has 2 nitrogen and oxygen atoms in total. The molecule has 0 saturated carbocycles. The summed E-state index contributed by atoms with van der Waals surface area (Å²) in [6.07, 6.45) is 5.93. The van der Waals surface area contributed by atoms with Gasteiger partial charge < -0.3 is 8.54 Å². The molecule has 0 aromatic rings. The molecular weight excluding hydrogens is 256 g/mol. The fourth-order valence-electron chi connectivity index (χ4n) is 1.91. The van der Waals surface area contributed by atoms with Crippen molar-refractivity contribution >= 4 is 17.6 Å². The summed E-state index contributed by atoms with van der Waals surface area (Å²) in [7, 11) is -2.80. The Bertz CT molecular complexity index is 246. The number of allylic oxidation sites excluding steroid dienone is 2. The van der Waals surface area contributed by atoms with Crippen molar-refractivity contribution in [3.8, 4) is 0 Å². The van der Waals surface area contributed by atoms with E-state index in [1.54, 1.807) is 0 Å². The van der Waals surface area contributed by atoms with Crippen LogP contribution in [0.3, 0.4) is 0 Å². The molecule has 0 saturated heterocycles. The number of hydrogen-bond donors (Lipinski definition) is 0. The monoisotopic (exact) mass is 288 g/mol. The number of rotatable bonds is 9. The van der Waals surface area contributed by atoms with Gasteiger partial charge in [0.1, 0.15) is 0 Å². The van der Waals surface area contributed by atoms with Crippen LogP contribution in [0.4, 0.5) is 0 Å². The van der Waals surface area contributed by atoms with Crippen LogP contribution in [0, 0.1) is 5.92 Å². The van der Waals surface area contributed by atoms with Crippen LogP contribution in [0.25, 0.3) is 0 Å². The fraction of sp³-hybridized carbons (Fsp3) is 0.857. The molecule has 0 aliphatic carbocycles. The van der Waals surface area contributed by atoms with Crippen LogP contribution in [0.5, 0.6) is 0 Å². The van der Waals surface area contributed by atoms with Crippen molar-refractivity contribution in [2.75, 3.05) is 6.61 Å². The minimum absolute atomic E-state index is 0.738. The largest absolute Gasteiger partial charge is 0.439 e. The Morgan fingerprint density at radius 2 is 1.83 bits per heavy atom. The van der Waals surface area contributed by atoms with Gasteiger partial charge in [0.05, 0.1) is 0 Å². The van der Waals surface area contributed by atoms with Crippen LogP contribution in [0.15, 0.2) is 11.6 Å². The molecule has 0 radical (unpaired) electrons. The van der Waals surface area contributed by atoms with E-state index < -0.39 is 17.6 Å². The van der Waals surface area contributed by atoms with Gasteiger partial charge in [0.15, 0.2) is 9.04 Å². The Morgan fingerprint density at radius 3 is 2.33 bits per heavy atom. The lowest BCUT2D eigenvalue weighted by molar-refractivity contribution is 0.227. The minimum atomic E-state index is -1.83. The van der Waals surface area contributed by atoms with Crippen molar-refractivity contribution in [1.82, 2.24) is 0 Å². The van der Waals surface area contributed by atoms with E-state index in [4.69, 9.17) is 8.54 Å². The van der Waals surface area contributed by atoms with Gasteiger partial charge in [-0.1, -0.05) is 18.6 Å². The SMILES string of the molecule is CC(C)=CCCC(C)CCO[Si](C)(C)O[SiH](C)C. The van der Waals surface area contributed by atoms with Crippen LogP contribution in [-0.4, -0.2) is 24.2 Å². The second-order valence-corrected chi connectivity index (χ2v) is 12.3. The van der Waals surface area contributed by atoms with Crippen LogP contribution in [0.1, 0.15) is 40.0 Å². The Hall–Kier alpha value is 0.0938. The molecule has 0 rings (SSSR count). The molecule has 1 unspecified atom stereocenters. The first kappa shape index (κ1) is 18.1. The van der Waals surface area contributed by atoms with Gasteiger partial charge in [-0.15, -0.1) is 0 Å². The van der Waals surface area contributed by atoms with Crippen LogP contribution >= 0.6 is 0 Å². The zero-order chi connectivity index (χ0) is 14.2. The highest BCUT2D eigenvalue weighted by atomic mass is 28.4. The lowest BCUT2D eigenvalue weighted by Gasteiger charge is -2.26. The maximum absolute atomic E-state index is 5.98. The Balaban J connectivity index is 3.73. The summed E-state index contributed by atoms with van der Waals surface area (Å²) in [4.78, 5) is 0. The topological polar surface area (TPSA) is 18.5 Å². The van der Waals surface area contributed by atoms with Crippen molar-refractivity contribution < 1.29 is 8.54 Å². The van der Waals surface area contributed by atoms with E-state index in [9.17, 15) is 0 Å². The van der Waals surface area contributed by atoms with Crippen LogP contribution in [0.2, 0.25) is 26.2 Å².